The fourth-order valence-electron chi connectivity index (χ4n) is 3.56. The summed E-state index contributed by atoms with van der Waals surface area (Å²) in [5.41, 5.74) is 1.02. The number of aromatic nitrogens is 1. The Morgan fingerprint density at radius 1 is 1.23 bits per heavy atom. The predicted molar refractivity (Wildman–Crippen MR) is 113 cm³/mol. The molecule has 0 aliphatic carbocycles. The molecule has 1 saturated heterocycles. The molecule has 168 valence electrons. The van der Waals surface area contributed by atoms with Gasteiger partial charge in [-0.25, -0.2) is 13.2 Å². The van der Waals surface area contributed by atoms with Crippen LogP contribution in [-0.4, -0.2) is 55.5 Å². The zero-order chi connectivity index (χ0) is 22.6. The minimum Gasteiger partial charge on any atom is -0.497 e. The van der Waals surface area contributed by atoms with Crippen molar-refractivity contribution in [2.75, 3.05) is 20.3 Å². The van der Waals surface area contributed by atoms with Crippen LogP contribution < -0.4 is 10.1 Å². The lowest BCUT2D eigenvalue weighted by Gasteiger charge is -2.23. The van der Waals surface area contributed by atoms with Gasteiger partial charge in [0.2, 0.25) is 15.9 Å². The largest absolute Gasteiger partial charge is 0.497 e. The minimum atomic E-state index is -3.95. The Balaban J connectivity index is 1.73. The summed E-state index contributed by atoms with van der Waals surface area (Å²) < 4.78 is 39.1. The number of carbonyl (C=O) groups excluding carboxylic acids is 2. The van der Waals surface area contributed by atoms with E-state index in [2.05, 4.69) is 5.32 Å². The molecule has 0 saturated carbocycles. The van der Waals surface area contributed by atoms with Crippen molar-refractivity contribution in [2.45, 2.75) is 37.2 Å². The van der Waals surface area contributed by atoms with Gasteiger partial charge in [-0.15, -0.1) is 0 Å². The molecule has 2 aromatic rings. The molecule has 1 fully saturated rings. The van der Waals surface area contributed by atoms with E-state index in [1.54, 1.807) is 33.2 Å². The van der Waals surface area contributed by atoms with E-state index in [9.17, 15) is 18.0 Å². The number of esters is 1. The molecule has 1 aliphatic heterocycles. The number of benzene rings is 1. The van der Waals surface area contributed by atoms with Gasteiger partial charge in [-0.05, 0) is 43.5 Å². The first kappa shape index (κ1) is 22.8. The van der Waals surface area contributed by atoms with Crippen molar-refractivity contribution < 1.29 is 27.5 Å². The molecule has 1 amide bonds. The van der Waals surface area contributed by atoms with Gasteiger partial charge in [0, 0.05) is 26.3 Å². The van der Waals surface area contributed by atoms with Gasteiger partial charge in [0.15, 0.2) is 0 Å². The van der Waals surface area contributed by atoms with Crippen molar-refractivity contribution in [3.63, 3.8) is 0 Å². The number of rotatable bonds is 8. The Bertz CT molecular complexity index is 1050. The Morgan fingerprint density at radius 2 is 1.94 bits per heavy atom. The Labute approximate surface area is 182 Å². The van der Waals surface area contributed by atoms with E-state index in [1.165, 1.54) is 21.1 Å². The van der Waals surface area contributed by atoms with Crippen LogP contribution in [0.25, 0.3) is 0 Å². The quantitative estimate of drug-likeness (QED) is 0.615. The van der Waals surface area contributed by atoms with Crippen LogP contribution in [0.3, 0.4) is 0 Å². The van der Waals surface area contributed by atoms with Crippen LogP contribution in [0.5, 0.6) is 5.75 Å². The first-order valence-corrected chi connectivity index (χ1v) is 11.5. The van der Waals surface area contributed by atoms with Gasteiger partial charge in [-0.1, -0.05) is 12.1 Å². The molecule has 1 atom stereocenters. The van der Waals surface area contributed by atoms with E-state index >= 15 is 0 Å². The molecule has 1 N–H and O–H groups in total. The van der Waals surface area contributed by atoms with Crippen LogP contribution in [0.4, 0.5) is 0 Å². The second kappa shape index (κ2) is 9.52. The second-order valence-electron chi connectivity index (χ2n) is 7.23. The van der Waals surface area contributed by atoms with Gasteiger partial charge in [-0.3, -0.25) is 4.79 Å². The number of carbonyl (C=O) groups is 2. The normalized spacial score (nSPS) is 16.8. The van der Waals surface area contributed by atoms with Gasteiger partial charge in [0.25, 0.3) is 0 Å². The smallest absolute Gasteiger partial charge is 0.354 e. The monoisotopic (exact) mass is 449 g/mol. The maximum absolute atomic E-state index is 13.2. The van der Waals surface area contributed by atoms with Gasteiger partial charge in [0.1, 0.15) is 22.4 Å². The number of hydrogen-bond donors (Lipinski definition) is 1. The number of sulfonamides is 1. The fraction of sp³-hybridized carbons (Fsp3) is 0.429. The van der Waals surface area contributed by atoms with E-state index in [1.807, 2.05) is 12.1 Å². The summed E-state index contributed by atoms with van der Waals surface area (Å²) in [4.78, 5) is 24.8. The van der Waals surface area contributed by atoms with Crippen LogP contribution >= 0.6 is 0 Å². The molecule has 31 heavy (non-hydrogen) atoms. The molecular formula is C21H27N3O6S. The average Bonchev–Trinajstić information content (AvgIpc) is 3.40. The number of nitrogens with one attached hydrogen (secondary N) is 1. The topological polar surface area (TPSA) is 107 Å². The van der Waals surface area contributed by atoms with E-state index in [4.69, 9.17) is 9.47 Å². The summed E-state index contributed by atoms with van der Waals surface area (Å²) in [6.07, 6.45) is 2.38. The minimum absolute atomic E-state index is 0.0343. The molecular weight excluding hydrogens is 422 g/mol. The molecule has 9 nitrogen and oxygen atoms in total. The molecule has 0 spiro atoms. The molecule has 2 heterocycles. The van der Waals surface area contributed by atoms with Gasteiger partial charge >= 0.3 is 5.97 Å². The SMILES string of the molecule is CCOC(=O)c1cc(S(=O)(=O)N2CCC[C@@H]2C(=O)NCc2ccc(OC)cc2)cn1C. The number of hydrogen-bond acceptors (Lipinski definition) is 6. The third-order valence-electron chi connectivity index (χ3n) is 5.20. The van der Waals surface area contributed by atoms with Gasteiger partial charge in [-0.2, -0.15) is 4.31 Å². The van der Waals surface area contributed by atoms with Crippen molar-refractivity contribution in [2.24, 2.45) is 7.05 Å². The van der Waals surface area contributed by atoms with E-state index in [0.29, 0.717) is 18.6 Å². The highest BCUT2D eigenvalue weighted by Crippen LogP contribution is 2.27. The first-order valence-electron chi connectivity index (χ1n) is 10.0. The lowest BCUT2D eigenvalue weighted by molar-refractivity contribution is -0.124. The standard InChI is InChI=1S/C21H27N3O6S/c1-4-30-21(26)19-12-17(14-23(19)2)31(27,28)24-11-5-6-18(24)20(25)22-13-15-7-9-16(29-3)10-8-15/h7-10,12,14,18H,4-6,11,13H2,1-3H3,(H,22,25)/t18-/m1/s1. The molecule has 0 radical (unpaired) electrons. The zero-order valence-electron chi connectivity index (χ0n) is 17.8. The highest BCUT2D eigenvalue weighted by Gasteiger charge is 2.40. The van der Waals surface area contributed by atoms with Crippen molar-refractivity contribution in [3.05, 3.63) is 47.8 Å². The Morgan fingerprint density at radius 3 is 2.58 bits per heavy atom. The van der Waals surface area contributed by atoms with Crippen LogP contribution in [0, 0.1) is 0 Å². The molecule has 1 aliphatic rings. The number of ether oxygens (including phenoxy) is 2. The summed E-state index contributed by atoms with van der Waals surface area (Å²) in [6.45, 7) is 2.39. The lowest BCUT2D eigenvalue weighted by atomic mass is 10.2. The number of amides is 1. The maximum Gasteiger partial charge on any atom is 0.354 e. The van der Waals surface area contributed by atoms with Crippen LogP contribution in [0.1, 0.15) is 35.8 Å². The van der Waals surface area contributed by atoms with Crippen molar-refractivity contribution in [3.8, 4) is 5.75 Å². The Hall–Kier alpha value is -2.85. The number of nitrogens with zero attached hydrogens (tertiary/aromatic N) is 2. The predicted octanol–water partition coefficient (Wildman–Crippen LogP) is 1.68. The molecule has 1 aromatic carbocycles. The number of methoxy groups -OCH3 is 1. The lowest BCUT2D eigenvalue weighted by Crippen LogP contribution is -2.45. The molecule has 0 bridgehead atoms. The second-order valence-corrected chi connectivity index (χ2v) is 9.12. The van der Waals surface area contributed by atoms with Crippen LogP contribution in [0.15, 0.2) is 41.4 Å². The highest BCUT2D eigenvalue weighted by molar-refractivity contribution is 7.89. The Kier molecular flexibility index (Phi) is 7.01. The highest BCUT2D eigenvalue weighted by atomic mass is 32.2. The maximum atomic E-state index is 13.2. The van der Waals surface area contributed by atoms with Gasteiger partial charge < -0.3 is 19.4 Å². The summed E-state index contributed by atoms with van der Waals surface area (Å²) in [7, 11) is -0.792. The summed E-state index contributed by atoms with van der Waals surface area (Å²) in [5.74, 6) is -0.228. The van der Waals surface area contributed by atoms with Crippen LogP contribution in [0.2, 0.25) is 0 Å². The van der Waals surface area contributed by atoms with Crippen LogP contribution in [-0.2, 0) is 33.1 Å². The van der Waals surface area contributed by atoms with Crippen molar-refractivity contribution in [1.29, 1.82) is 0 Å². The molecule has 3 rings (SSSR count). The van der Waals surface area contributed by atoms with E-state index in [0.717, 1.165) is 5.56 Å². The molecule has 0 unspecified atom stereocenters. The van der Waals surface area contributed by atoms with Gasteiger partial charge in [0.05, 0.1) is 13.7 Å². The van der Waals surface area contributed by atoms with Crippen molar-refractivity contribution in [1.82, 2.24) is 14.2 Å². The third-order valence-corrected chi connectivity index (χ3v) is 7.08. The molecule has 10 heteroatoms. The van der Waals surface area contributed by atoms with E-state index < -0.39 is 22.0 Å². The summed E-state index contributed by atoms with van der Waals surface area (Å²) in [6, 6.07) is 7.76. The van der Waals surface area contributed by atoms with E-state index in [-0.39, 0.29) is 36.2 Å². The third kappa shape index (κ3) is 4.91. The number of aryl methyl sites for hydroxylation is 1. The molecule has 1 aromatic heterocycles. The summed E-state index contributed by atoms with van der Waals surface area (Å²) in [5, 5.41) is 2.82. The fourth-order valence-corrected chi connectivity index (χ4v) is 5.29. The first-order chi connectivity index (χ1) is 14.8. The summed E-state index contributed by atoms with van der Waals surface area (Å²) >= 11 is 0. The average molecular weight is 450 g/mol. The zero-order valence-corrected chi connectivity index (χ0v) is 18.6. The van der Waals surface area contributed by atoms with Crippen molar-refractivity contribution >= 4 is 21.9 Å².